The molecule has 1 aromatic heterocycles. The summed E-state index contributed by atoms with van der Waals surface area (Å²) in [5.41, 5.74) is 0. The highest BCUT2D eigenvalue weighted by Gasteiger charge is 2.16. The van der Waals surface area contributed by atoms with E-state index < -0.39 is 0 Å². The fourth-order valence-electron chi connectivity index (χ4n) is 1.08. The molecule has 0 aromatic carbocycles. The Bertz CT molecular complexity index is 307. The summed E-state index contributed by atoms with van der Waals surface area (Å²) < 4.78 is 2.71. The van der Waals surface area contributed by atoms with Crippen LogP contribution < -0.4 is 5.32 Å². The van der Waals surface area contributed by atoms with Crippen LogP contribution in [0.25, 0.3) is 0 Å². The van der Waals surface area contributed by atoms with Crippen molar-refractivity contribution in [1.29, 1.82) is 0 Å². The number of aromatic nitrogens is 2. The molecule has 4 nitrogen and oxygen atoms in total. The van der Waals surface area contributed by atoms with Crippen LogP contribution in [-0.2, 0) is 17.9 Å². The van der Waals surface area contributed by atoms with Gasteiger partial charge in [-0.1, -0.05) is 0 Å². The molecule has 0 spiro atoms. The summed E-state index contributed by atoms with van der Waals surface area (Å²) in [6.45, 7) is 0.903. The molecule has 2 rings (SSSR count). The summed E-state index contributed by atoms with van der Waals surface area (Å²) in [5, 5.41) is 2.71. The topological polar surface area (TPSA) is 46.9 Å². The van der Waals surface area contributed by atoms with E-state index in [4.69, 9.17) is 0 Å². The van der Waals surface area contributed by atoms with Crippen molar-refractivity contribution < 1.29 is 4.79 Å². The molecule has 0 unspecified atom stereocenters. The van der Waals surface area contributed by atoms with Crippen molar-refractivity contribution in [3.63, 3.8) is 0 Å². The van der Waals surface area contributed by atoms with Gasteiger partial charge in [-0.3, -0.25) is 4.79 Å². The zero-order chi connectivity index (χ0) is 7.84. The summed E-state index contributed by atoms with van der Waals surface area (Å²) in [4.78, 5) is 15.0. The van der Waals surface area contributed by atoms with Gasteiger partial charge >= 0.3 is 0 Å². The molecule has 0 atom stereocenters. The van der Waals surface area contributed by atoms with Gasteiger partial charge < -0.3 is 9.88 Å². The maximum Gasteiger partial charge on any atom is 0.240 e. The highest BCUT2D eigenvalue weighted by molar-refractivity contribution is 9.10. The number of carbonyl (C=O) groups excluding carboxylic acids is 1. The zero-order valence-corrected chi connectivity index (χ0v) is 7.26. The van der Waals surface area contributed by atoms with Crippen LogP contribution in [0.4, 0.5) is 0 Å². The summed E-state index contributed by atoms with van der Waals surface area (Å²) >= 11 is 3.30. The molecule has 1 N–H and O–H groups in total. The van der Waals surface area contributed by atoms with Crippen molar-refractivity contribution >= 4 is 21.8 Å². The van der Waals surface area contributed by atoms with Crippen LogP contribution >= 0.6 is 15.9 Å². The number of nitrogens with zero attached hydrogens (tertiary/aromatic N) is 2. The van der Waals surface area contributed by atoms with Gasteiger partial charge in [0.2, 0.25) is 5.91 Å². The van der Waals surface area contributed by atoms with E-state index in [-0.39, 0.29) is 5.91 Å². The van der Waals surface area contributed by atoms with Gasteiger partial charge in [0.15, 0.2) is 0 Å². The number of rotatable bonds is 0. The quantitative estimate of drug-likeness (QED) is 0.676. The average Bonchev–Trinajstić information content (AvgIpc) is 2.33. The van der Waals surface area contributed by atoms with Crippen LogP contribution in [0, 0.1) is 0 Å². The molecule has 5 heteroatoms. The van der Waals surface area contributed by atoms with Crippen LogP contribution in [0.2, 0.25) is 0 Å². The fourth-order valence-corrected chi connectivity index (χ4v) is 1.51. The Hall–Kier alpha value is -0.840. The summed E-state index contributed by atoms with van der Waals surface area (Å²) in [5.74, 6) is 0.938. The summed E-state index contributed by atoms with van der Waals surface area (Å²) in [6, 6.07) is 0. The average molecular weight is 216 g/mol. The molecule has 0 saturated carbocycles. The second kappa shape index (κ2) is 2.34. The number of hydrogen-bond donors (Lipinski definition) is 1. The van der Waals surface area contributed by atoms with E-state index in [1.165, 1.54) is 0 Å². The normalized spacial score (nSPS) is 15.9. The van der Waals surface area contributed by atoms with E-state index in [2.05, 4.69) is 26.2 Å². The number of hydrogen-bond acceptors (Lipinski definition) is 2. The third-order valence-corrected chi connectivity index (χ3v) is 2.27. The first kappa shape index (κ1) is 6.84. The maximum atomic E-state index is 10.9. The molecular weight excluding hydrogens is 210 g/mol. The van der Waals surface area contributed by atoms with Crippen LogP contribution in [0.3, 0.4) is 0 Å². The van der Waals surface area contributed by atoms with Crippen molar-refractivity contribution in [2.24, 2.45) is 0 Å². The van der Waals surface area contributed by atoms with E-state index in [1.54, 1.807) is 6.20 Å². The lowest BCUT2D eigenvalue weighted by Gasteiger charge is -2.14. The smallest absolute Gasteiger partial charge is 0.240 e. The van der Waals surface area contributed by atoms with E-state index in [0.29, 0.717) is 13.1 Å². The minimum absolute atomic E-state index is 0.0381. The first-order valence-corrected chi connectivity index (χ1v) is 4.03. The van der Waals surface area contributed by atoms with Gasteiger partial charge in [-0.25, -0.2) is 4.98 Å². The molecule has 1 amide bonds. The van der Waals surface area contributed by atoms with Gasteiger partial charge in [0.1, 0.15) is 17.0 Å². The van der Waals surface area contributed by atoms with Crippen LogP contribution in [-0.4, -0.2) is 15.5 Å². The van der Waals surface area contributed by atoms with Crippen molar-refractivity contribution in [1.82, 2.24) is 14.9 Å². The predicted molar refractivity (Wildman–Crippen MR) is 41.8 cm³/mol. The molecule has 0 aliphatic carbocycles. The van der Waals surface area contributed by atoms with E-state index in [0.717, 1.165) is 10.4 Å². The molecule has 1 aliphatic rings. The molecule has 58 valence electrons. The molecule has 1 aliphatic heterocycles. The molecular formula is C6H6BrN3O. The SMILES string of the molecule is O=C1Cn2c(Br)cnc2CN1. The molecule has 11 heavy (non-hydrogen) atoms. The Morgan fingerprint density at radius 1 is 1.73 bits per heavy atom. The summed E-state index contributed by atoms with van der Waals surface area (Å²) in [7, 11) is 0. The Kier molecular flexibility index (Phi) is 1.45. The number of fused-ring (bicyclic) bond motifs is 1. The number of amides is 1. The second-order valence-corrected chi connectivity index (χ2v) is 3.17. The molecule has 0 saturated heterocycles. The highest BCUT2D eigenvalue weighted by Crippen LogP contribution is 2.14. The fraction of sp³-hybridized carbons (Fsp3) is 0.333. The molecule has 0 fully saturated rings. The lowest BCUT2D eigenvalue weighted by Crippen LogP contribution is -2.34. The Balaban J connectivity index is 2.45. The van der Waals surface area contributed by atoms with E-state index in [9.17, 15) is 4.79 Å². The van der Waals surface area contributed by atoms with Crippen LogP contribution in [0.1, 0.15) is 5.82 Å². The van der Waals surface area contributed by atoms with E-state index in [1.807, 2.05) is 4.57 Å². The van der Waals surface area contributed by atoms with Crippen LogP contribution in [0.5, 0.6) is 0 Å². The van der Waals surface area contributed by atoms with Gasteiger partial charge in [0.25, 0.3) is 0 Å². The first-order chi connectivity index (χ1) is 5.27. The second-order valence-electron chi connectivity index (χ2n) is 2.36. The van der Waals surface area contributed by atoms with Gasteiger partial charge in [-0.2, -0.15) is 0 Å². The Morgan fingerprint density at radius 2 is 2.55 bits per heavy atom. The lowest BCUT2D eigenvalue weighted by atomic mass is 10.4. The number of imidazole rings is 1. The maximum absolute atomic E-state index is 10.9. The predicted octanol–water partition coefficient (Wildman–Crippen LogP) is 0.275. The zero-order valence-electron chi connectivity index (χ0n) is 5.67. The van der Waals surface area contributed by atoms with E-state index >= 15 is 0 Å². The van der Waals surface area contributed by atoms with Gasteiger partial charge in [0, 0.05) is 0 Å². The van der Waals surface area contributed by atoms with Crippen molar-refractivity contribution in [2.75, 3.05) is 0 Å². The minimum Gasteiger partial charge on any atom is -0.347 e. The van der Waals surface area contributed by atoms with Crippen molar-refractivity contribution in [3.05, 3.63) is 16.6 Å². The molecule has 0 radical (unpaired) electrons. The highest BCUT2D eigenvalue weighted by atomic mass is 79.9. The number of nitrogens with one attached hydrogen (secondary N) is 1. The largest absolute Gasteiger partial charge is 0.347 e. The van der Waals surface area contributed by atoms with Gasteiger partial charge in [-0.05, 0) is 15.9 Å². The summed E-state index contributed by atoms with van der Waals surface area (Å²) in [6.07, 6.45) is 1.70. The minimum atomic E-state index is 0.0381. The van der Waals surface area contributed by atoms with Crippen molar-refractivity contribution in [2.45, 2.75) is 13.1 Å². The Labute approximate surface area is 71.7 Å². The van der Waals surface area contributed by atoms with Crippen molar-refractivity contribution in [3.8, 4) is 0 Å². The number of halogens is 1. The standard InChI is InChI=1S/C6H6BrN3O/c7-4-1-8-5-2-9-6(11)3-10(4)5/h1H,2-3H2,(H,9,11). The van der Waals surface area contributed by atoms with Gasteiger partial charge in [-0.15, -0.1) is 0 Å². The van der Waals surface area contributed by atoms with Gasteiger partial charge in [0.05, 0.1) is 12.7 Å². The number of carbonyl (C=O) groups is 1. The third kappa shape index (κ3) is 1.05. The Morgan fingerprint density at radius 3 is 3.36 bits per heavy atom. The molecule has 2 heterocycles. The lowest BCUT2D eigenvalue weighted by molar-refractivity contribution is -0.122. The molecule has 0 bridgehead atoms. The molecule has 1 aromatic rings. The third-order valence-electron chi connectivity index (χ3n) is 1.63. The first-order valence-electron chi connectivity index (χ1n) is 3.24. The van der Waals surface area contributed by atoms with Crippen LogP contribution in [0.15, 0.2) is 10.8 Å². The monoisotopic (exact) mass is 215 g/mol.